The number of anilines is 2. The molecule has 5 nitrogen and oxygen atoms in total. The number of hydrogen-bond acceptors (Lipinski definition) is 5. The van der Waals surface area contributed by atoms with E-state index in [1.54, 1.807) is 42.7 Å². The number of rotatable bonds is 5. The largest absolute Gasteiger partial charge is 0.490 e. The zero-order valence-corrected chi connectivity index (χ0v) is 14.8. The summed E-state index contributed by atoms with van der Waals surface area (Å²) in [5.74, 6) is 0.753. The summed E-state index contributed by atoms with van der Waals surface area (Å²) >= 11 is 5.76. The number of nitrogens with zero attached hydrogens (tertiary/aromatic N) is 2. The van der Waals surface area contributed by atoms with Gasteiger partial charge in [0.1, 0.15) is 23.3 Å². The fourth-order valence-electron chi connectivity index (χ4n) is 2.24. The zero-order valence-electron chi connectivity index (χ0n) is 14.1. The second-order valence-electron chi connectivity index (χ2n) is 6.10. The molecule has 0 aliphatic heterocycles. The highest BCUT2D eigenvalue weighted by atomic mass is 35.5. The van der Waals surface area contributed by atoms with Gasteiger partial charge in [-0.25, -0.2) is 9.97 Å². The van der Waals surface area contributed by atoms with E-state index in [1.165, 1.54) is 6.07 Å². The van der Waals surface area contributed by atoms with Crippen LogP contribution in [0.4, 0.5) is 24.7 Å². The van der Waals surface area contributed by atoms with E-state index in [0.717, 1.165) is 5.39 Å². The van der Waals surface area contributed by atoms with Crippen LogP contribution in [0.2, 0.25) is 5.15 Å². The van der Waals surface area contributed by atoms with Gasteiger partial charge >= 0.3 is 6.18 Å². The average molecular weight is 398 g/mol. The Hall–Kier alpha value is -2.58. The predicted octanol–water partition coefficient (Wildman–Crippen LogP) is 4.72. The third kappa shape index (κ3) is 4.40. The number of halogens is 4. The van der Waals surface area contributed by atoms with Gasteiger partial charge in [0.15, 0.2) is 5.60 Å². The molecule has 2 aromatic heterocycles. The summed E-state index contributed by atoms with van der Waals surface area (Å²) in [4.78, 5) is 8.25. The SMILES string of the molecule is C[C@@](O)(COc1ccc2c(Nc3ccc(Cl)nc3)nccc2c1)C(F)(F)F. The van der Waals surface area contributed by atoms with Crippen molar-refractivity contribution < 1.29 is 23.0 Å². The van der Waals surface area contributed by atoms with Crippen molar-refractivity contribution in [3.05, 3.63) is 53.9 Å². The first-order valence-electron chi connectivity index (χ1n) is 7.85. The van der Waals surface area contributed by atoms with E-state index >= 15 is 0 Å². The molecular weight excluding hydrogens is 383 g/mol. The van der Waals surface area contributed by atoms with Crippen LogP contribution in [-0.4, -0.2) is 33.5 Å². The standard InChI is InChI=1S/C18H15ClF3N3O2/c1-17(26,18(20,21)22)10-27-13-3-4-14-11(8-13)6-7-23-16(14)25-12-2-5-15(19)24-9-12/h2-9,26H,10H2,1H3,(H,23,25)/t17-/m1/s1. The second-order valence-corrected chi connectivity index (χ2v) is 6.48. The number of benzene rings is 1. The first-order valence-corrected chi connectivity index (χ1v) is 8.23. The van der Waals surface area contributed by atoms with Crippen molar-refractivity contribution >= 4 is 33.9 Å². The molecule has 3 rings (SSSR count). The molecule has 142 valence electrons. The van der Waals surface area contributed by atoms with Crippen molar-refractivity contribution in [1.29, 1.82) is 0 Å². The summed E-state index contributed by atoms with van der Waals surface area (Å²) in [5, 5.41) is 14.4. The lowest BCUT2D eigenvalue weighted by atomic mass is 10.1. The Kier molecular flexibility index (Phi) is 5.12. The molecule has 0 saturated heterocycles. The Morgan fingerprint density at radius 2 is 1.93 bits per heavy atom. The fourth-order valence-corrected chi connectivity index (χ4v) is 2.35. The molecule has 0 radical (unpaired) electrons. The van der Waals surface area contributed by atoms with E-state index in [0.29, 0.717) is 29.0 Å². The Morgan fingerprint density at radius 1 is 1.15 bits per heavy atom. The van der Waals surface area contributed by atoms with Crippen molar-refractivity contribution in [3.8, 4) is 5.75 Å². The number of alkyl halides is 3. The maximum Gasteiger partial charge on any atom is 0.420 e. The normalized spacial score (nSPS) is 14.0. The molecule has 0 unspecified atom stereocenters. The Balaban J connectivity index is 1.81. The van der Waals surface area contributed by atoms with Crippen LogP contribution in [0.15, 0.2) is 48.8 Å². The fraction of sp³-hybridized carbons (Fsp3) is 0.222. The third-order valence-electron chi connectivity index (χ3n) is 3.86. The molecule has 0 amide bonds. The van der Waals surface area contributed by atoms with Crippen LogP contribution in [0, 0.1) is 0 Å². The van der Waals surface area contributed by atoms with Gasteiger partial charge in [0.2, 0.25) is 0 Å². The van der Waals surface area contributed by atoms with Crippen LogP contribution >= 0.6 is 11.6 Å². The van der Waals surface area contributed by atoms with Crippen LogP contribution < -0.4 is 10.1 Å². The molecule has 0 bridgehead atoms. The number of nitrogens with one attached hydrogen (secondary N) is 1. The first-order chi connectivity index (χ1) is 12.7. The molecule has 0 fully saturated rings. The first kappa shape index (κ1) is 19.2. The van der Waals surface area contributed by atoms with Gasteiger partial charge in [0.25, 0.3) is 0 Å². The van der Waals surface area contributed by atoms with Crippen molar-refractivity contribution in [2.45, 2.75) is 18.7 Å². The average Bonchev–Trinajstić information content (AvgIpc) is 2.61. The Morgan fingerprint density at radius 3 is 2.59 bits per heavy atom. The molecule has 2 heterocycles. The topological polar surface area (TPSA) is 67.3 Å². The lowest BCUT2D eigenvalue weighted by Gasteiger charge is -2.26. The molecule has 0 aliphatic rings. The molecule has 3 aromatic rings. The van der Waals surface area contributed by atoms with Crippen molar-refractivity contribution in [1.82, 2.24) is 9.97 Å². The summed E-state index contributed by atoms with van der Waals surface area (Å²) in [7, 11) is 0. The van der Waals surface area contributed by atoms with Gasteiger partial charge in [-0.3, -0.25) is 0 Å². The maximum atomic E-state index is 12.7. The molecule has 27 heavy (non-hydrogen) atoms. The van der Waals surface area contributed by atoms with Crippen molar-refractivity contribution in [3.63, 3.8) is 0 Å². The Labute approximate surface area is 157 Å². The number of aliphatic hydroxyl groups is 1. The smallest absolute Gasteiger partial charge is 0.420 e. The summed E-state index contributed by atoms with van der Waals surface area (Å²) in [6.45, 7) is -0.241. The number of ether oxygens (including phenoxy) is 1. The maximum absolute atomic E-state index is 12.7. The van der Waals surface area contributed by atoms with Gasteiger partial charge < -0.3 is 15.2 Å². The summed E-state index contributed by atoms with van der Waals surface area (Å²) < 4.78 is 43.3. The summed E-state index contributed by atoms with van der Waals surface area (Å²) in [6, 6.07) is 9.84. The predicted molar refractivity (Wildman–Crippen MR) is 96.4 cm³/mol. The molecule has 0 aliphatic carbocycles. The lowest BCUT2D eigenvalue weighted by Crippen LogP contribution is -2.47. The number of aromatic nitrogens is 2. The highest BCUT2D eigenvalue weighted by molar-refractivity contribution is 6.29. The monoisotopic (exact) mass is 397 g/mol. The minimum Gasteiger partial charge on any atom is -0.490 e. The molecular formula is C18H15ClF3N3O2. The van der Waals surface area contributed by atoms with E-state index in [1.807, 2.05) is 0 Å². The lowest BCUT2D eigenvalue weighted by molar-refractivity contribution is -0.260. The summed E-state index contributed by atoms with van der Waals surface area (Å²) in [6.07, 6.45) is -1.67. The third-order valence-corrected chi connectivity index (χ3v) is 4.08. The van der Waals surface area contributed by atoms with Gasteiger partial charge in [-0.1, -0.05) is 11.6 Å². The van der Waals surface area contributed by atoms with E-state index in [2.05, 4.69) is 15.3 Å². The molecule has 1 aromatic carbocycles. The van der Waals surface area contributed by atoms with Gasteiger partial charge in [0.05, 0.1) is 11.9 Å². The van der Waals surface area contributed by atoms with E-state index in [9.17, 15) is 18.3 Å². The van der Waals surface area contributed by atoms with Gasteiger partial charge in [-0.05, 0) is 48.7 Å². The van der Waals surface area contributed by atoms with Crippen LogP contribution in [0.1, 0.15) is 6.92 Å². The Bertz CT molecular complexity index is 947. The molecule has 2 N–H and O–H groups in total. The molecule has 9 heteroatoms. The molecule has 0 spiro atoms. The van der Waals surface area contributed by atoms with E-state index in [4.69, 9.17) is 16.3 Å². The zero-order chi connectivity index (χ0) is 19.7. The van der Waals surface area contributed by atoms with Gasteiger partial charge in [-0.2, -0.15) is 13.2 Å². The highest BCUT2D eigenvalue weighted by Gasteiger charge is 2.50. The van der Waals surface area contributed by atoms with Crippen LogP contribution in [-0.2, 0) is 0 Å². The van der Waals surface area contributed by atoms with Crippen LogP contribution in [0.5, 0.6) is 5.75 Å². The van der Waals surface area contributed by atoms with Gasteiger partial charge in [-0.15, -0.1) is 0 Å². The quantitative estimate of drug-likeness (QED) is 0.610. The molecule has 0 saturated carbocycles. The minimum absolute atomic E-state index is 0.206. The highest BCUT2D eigenvalue weighted by Crippen LogP contribution is 2.32. The van der Waals surface area contributed by atoms with E-state index in [-0.39, 0.29) is 5.75 Å². The second kappa shape index (κ2) is 7.21. The van der Waals surface area contributed by atoms with Crippen molar-refractivity contribution in [2.75, 3.05) is 11.9 Å². The van der Waals surface area contributed by atoms with E-state index < -0.39 is 18.4 Å². The van der Waals surface area contributed by atoms with Crippen LogP contribution in [0.25, 0.3) is 10.8 Å². The number of pyridine rings is 2. The van der Waals surface area contributed by atoms with Gasteiger partial charge in [0, 0.05) is 11.6 Å². The van der Waals surface area contributed by atoms with Crippen LogP contribution in [0.3, 0.4) is 0 Å². The van der Waals surface area contributed by atoms with Crippen molar-refractivity contribution in [2.24, 2.45) is 0 Å². The number of hydrogen-bond donors (Lipinski definition) is 2. The number of fused-ring (bicyclic) bond motifs is 1. The molecule has 1 atom stereocenters. The minimum atomic E-state index is -4.78. The summed E-state index contributed by atoms with van der Waals surface area (Å²) in [5.41, 5.74) is -2.25.